The summed E-state index contributed by atoms with van der Waals surface area (Å²) in [6.45, 7) is 2.79. The van der Waals surface area contributed by atoms with Crippen LogP contribution >= 0.6 is 11.6 Å². The molecular weight excluding hydrogens is 492 g/mol. The molecule has 0 radical (unpaired) electrons. The monoisotopic (exact) mass is 518 g/mol. The van der Waals surface area contributed by atoms with Gasteiger partial charge in [0.15, 0.2) is 0 Å². The highest BCUT2D eigenvalue weighted by molar-refractivity contribution is 6.29. The first-order chi connectivity index (χ1) is 17.8. The molecule has 0 spiro atoms. The van der Waals surface area contributed by atoms with E-state index in [1.54, 1.807) is 47.9 Å². The Labute approximate surface area is 217 Å². The average Bonchev–Trinajstić information content (AvgIpc) is 3.28. The summed E-state index contributed by atoms with van der Waals surface area (Å²) in [6.07, 6.45) is 4.14. The molecule has 4 heterocycles. The molecule has 5 aromatic rings. The molecule has 1 aromatic carbocycles. The molecule has 2 N–H and O–H groups in total. The maximum absolute atomic E-state index is 13.3. The van der Waals surface area contributed by atoms with Crippen LogP contribution in [0.1, 0.15) is 11.1 Å². The predicted octanol–water partition coefficient (Wildman–Crippen LogP) is 3.26. The summed E-state index contributed by atoms with van der Waals surface area (Å²) in [5.41, 5.74) is 4.72. The Morgan fingerprint density at radius 2 is 1.89 bits per heavy atom. The number of pyridine rings is 3. The van der Waals surface area contributed by atoms with Crippen LogP contribution < -0.4 is 16.4 Å². The number of anilines is 1. The van der Waals surface area contributed by atoms with E-state index >= 15 is 0 Å². The Hall–Kier alpha value is -3.95. The lowest BCUT2D eigenvalue weighted by Crippen LogP contribution is -2.21. The van der Waals surface area contributed by atoms with Gasteiger partial charge in [-0.25, -0.2) is 9.67 Å². The molecular formula is C27H27ClN6O3. The van der Waals surface area contributed by atoms with Gasteiger partial charge in [0.05, 0.1) is 30.7 Å². The standard InChI is InChI=1S/C27H27ClN6O3/c1-16-12-17(24-19(13-16)27(37)33(3)26-20(24)14-30-34(26)10-11-35)8-9-29-21-5-6-22(28)31-25(21)18-4-7-23(36)32(2)15-18/h4-7,12-15,29,35H,8-11H2,1-3H3. The number of fused-ring (bicyclic) bond motifs is 3. The summed E-state index contributed by atoms with van der Waals surface area (Å²) >= 11 is 6.20. The van der Waals surface area contributed by atoms with Gasteiger partial charge in [-0.15, -0.1) is 0 Å². The van der Waals surface area contributed by atoms with Gasteiger partial charge >= 0.3 is 0 Å². The van der Waals surface area contributed by atoms with Crippen molar-refractivity contribution in [2.75, 3.05) is 18.5 Å². The highest BCUT2D eigenvalue weighted by atomic mass is 35.5. The summed E-state index contributed by atoms with van der Waals surface area (Å²) in [4.78, 5) is 29.6. The maximum atomic E-state index is 13.3. The Kier molecular flexibility index (Phi) is 6.57. The first kappa shape index (κ1) is 24.7. The summed E-state index contributed by atoms with van der Waals surface area (Å²) in [7, 11) is 3.43. The molecule has 10 heteroatoms. The molecule has 0 aliphatic heterocycles. The van der Waals surface area contributed by atoms with Crippen LogP contribution in [0.4, 0.5) is 5.69 Å². The fourth-order valence-electron chi connectivity index (χ4n) is 4.85. The number of hydrogen-bond acceptors (Lipinski definition) is 6. The number of aliphatic hydroxyl groups is 1. The zero-order valence-electron chi connectivity index (χ0n) is 20.8. The molecule has 0 atom stereocenters. The lowest BCUT2D eigenvalue weighted by molar-refractivity contribution is 0.271. The van der Waals surface area contributed by atoms with Crippen LogP contribution in [0, 0.1) is 6.92 Å². The smallest absolute Gasteiger partial charge is 0.259 e. The summed E-state index contributed by atoms with van der Waals surface area (Å²) in [5.74, 6) is 0. The molecule has 0 saturated carbocycles. The first-order valence-corrected chi connectivity index (χ1v) is 12.3. The van der Waals surface area contributed by atoms with E-state index in [2.05, 4.69) is 21.5 Å². The molecule has 0 amide bonds. The summed E-state index contributed by atoms with van der Waals surface area (Å²) in [5, 5.41) is 20.1. The highest BCUT2D eigenvalue weighted by Gasteiger charge is 2.17. The molecule has 9 nitrogen and oxygen atoms in total. The highest BCUT2D eigenvalue weighted by Crippen LogP contribution is 2.29. The Morgan fingerprint density at radius 3 is 2.65 bits per heavy atom. The number of nitrogens with zero attached hydrogens (tertiary/aromatic N) is 5. The first-order valence-electron chi connectivity index (χ1n) is 11.9. The van der Waals surface area contributed by atoms with Gasteiger partial charge in [0.25, 0.3) is 5.56 Å². The number of rotatable bonds is 7. The second-order valence-electron chi connectivity index (χ2n) is 9.11. The molecule has 0 aliphatic carbocycles. The Balaban J connectivity index is 1.53. The minimum Gasteiger partial charge on any atom is -0.394 e. The van der Waals surface area contributed by atoms with Crippen molar-refractivity contribution in [3.63, 3.8) is 0 Å². The minimum absolute atomic E-state index is 0.0687. The van der Waals surface area contributed by atoms with E-state index in [-0.39, 0.29) is 17.7 Å². The number of benzene rings is 1. The van der Waals surface area contributed by atoms with Gasteiger partial charge in [0, 0.05) is 54.6 Å². The number of aryl methyl sites for hydroxylation is 3. The van der Waals surface area contributed by atoms with Crippen LogP contribution in [-0.4, -0.2) is 42.2 Å². The topological polar surface area (TPSA) is 107 Å². The SMILES string of the molecule is Cc1cc(CCNc2ccc(Cl)nc2-c2ccc(=O)n(C)c2)c2c(c1)c(=O)n(C)c1c2cnn1CCO. The lowest BCUT2D eigenvalue weighted by Gasteiger charge is -2.15. The number of aromatic nitrogens is 5. The quantitative estimate of drug-likeness (QED) is 0.320. The van der Waals surface area contributed by atoms with E-state index < -0.39 is 0 Å². The van der Waals surface area contributed by atoms with Crippen molar-refractivity contribution < 1.29 is 5.11 Å². The third kappa shape index (κ3) is 4.52. The molecule has 37 heavy (non-hydrogen) atoms. The number of hydrogen-bond donors (Lipinski definition) is 2. The van der Waals surface area contributed by atoms with Crippen LogP contribution in [0.25, 0.3) is 33.1 Å². The molecule has 0 unspecified atom stereocenters. The summed E-state index contributed by atoms with van der Waals surface area (Å²) < 4.78 is 4.76. The zero-order valence-corrected chi connectivity index (χ0v) is 21.6. The van der Waals surface area contributed by atoms with Crippen molar-refractivity contribution in [2.24, 2.45) is 14.1 Å². The molecule has 190 valence electrons. The Morgan fingerprint density at radius 1 is 1.08 bits per heavy atom. The molecule has 4 aromatic heterocycles. The van der Waals surface area contributed by atoms with Gasteiger partial charge < -0.3 is 15.0 Å². The largest absolute Gasteiger partial charge is 0.394 e. The summed E-state index contributed by atoms with van der Waals surface area (Å²) in [6, 6.07) is 10.8. The van der Waals surface area contributed by atoms with Crippen LogP contribution in [0.15, 0.2) is 58.4 Å². The van der Waals surface area contributed by atoms with Crippen molar-refractivity contribution in [1.82, 2.24) is 23.9 Å². The number of nitrogens with one attached hydrogen (secondary N) is 1. The minimum atomic E-state index is -0.105. The van der Waals surface area contributed by atoms with E-state index in [1.807, 2.05) is 19.1 Å². The second-order valence-corrected chi connectivity index (χ2v) is 9.50. The zero-order chi connectivity index (χ0) is 26.3. The second kappa shape index (κ2) is 9.84. The van der Waals surface area contributed by atoms with Crippen molar-refractivity contribution in [3.05, 3.63) is 85.8 Å². The van der Waals surface area contributed by atoms with Gasteiger partial charge in [-0.05, 0) is 43.2 Å². The van der Waals surface area contributed by atoms with Crippen LogP contribution in [0.5, 0.6) is 0 Å². The number of aliphatic hydroxyl groups excluding tert-OH is 1. The normalized spacial score (nSPS) is 11.5. The van der Waals surface area contributed by atoms with Gasteiger partial charge in [0.1, 0.15) is 10.8 Å². The van der Waals surface area contributed by atoms with Crippen LogP contribution in [-0.2, 0) is 27.1 Å². The van der Waals surface area contributed by atoms with E-state index in [0.717, 1.165) is 33.2 Å². The average molecular weight is 519 g/mol. The third-order valence-corrected chi connectivity index (χ3v) is 6.75. The van der Waals surface area contributed by atoms with Crippen molar-refractivity contribution in [3.8, 4) is 11.3 Å². The molecule has 0 bridgehead atoms. The van der Waals surface area contributed by atoms with Crippen LogP contribution in [0.3, 0.4) is 0 Å². The fourth-order valence-corrected chi connectivity index (χ4v) is 5.00. The van der Waals surface area contributed by atoms with Crippen molar-refractivity contribution in [1.29, 1.82) is 0 Å². The van der Waals surface area contributed by atoms with E-state index in [0.29, 0.717) is 41.4 Å². The van der Waals surface area contributed by atoms with Crippen LogP contribution in [0.2, 0.25) is 5.15 Å². The predicted molar refractivity (Wildman–Crippen MR) is 146 cm³/mol. The molecule has 0 saturated heterocycles. The molecule has 5 rings (SSSR count). The molecule has 0 aliphatic rings. The van der Waals surface area contributed by atoms with Gasteiger partial charge in [0.2, 0.25) is 5.56 Å². The van der Waals surface area contributed by atoms with E-state index in [9.17, 15) is 14.7 Å². The van der Waals surface area contributed by atoms with Crippen molar-refractivity contribution >= 4 is 39.1 Å². The van der Waals surface area contributed by atoms with Gasteiger partial charge in [-0.2, -0.15) is 5.10 Å². The number of halogens is 1. The molecule has 0 fully saturated rings. The Bertz CT molecular complexity index is 1770. The maximum Gasteiger partial charge on any atom is 0.259 e. The van der Waals surface area contributed by atoms with E-state index in [1.165, 1.54) is 10.6 Å². The van der Waals surface area contributed by atoms with Crippen molar-refractivity contribution in [2.45, 2.75) is 19.9 Å². The lowest BCUT2D eigenvalue weighted by atomic mass is 9.98. The van der Waals surface area contributed by atoms with Gasteiger partial charge in [-0.1, -0.05) is 23.2 Å². The van der Waals surface area contributed by atoms with E-state index in [4.69, 9.17) is 11.6 Å². The third-order valence-electron chi connectivity index (χ3n) is 6.54. The fraction of sp³-hybridized carbons (Fsp3) is 0.259. The van der Waals surface area contributed by atoms with Gasteiger partial charge in [-0.3, -0.25) is 14.2 Å².